The number of carbonyl (C=O) groups excluding carboxylic acids is 3. The fraction of sp³-hybridized carbons (Fsp3) is 0.526. The molecule has 1 saturated heterocycles. The number of ether oxygens (including phenoxy) is 3. The fourth-order valence-electron chi connectivity index (χ4n) is 2.93. The van der Waals surface area contributed by atoms with Crippen LogP contribution in [0.1, 0.15) is 25.3 Å². The molecule has 0 radical (unpaired) electrons. The van der Waals surface area contributed by atoms with Crippen molar-refractivity contribution in [3.63, 3.8) is 0 Å². The summed E-state index contributed by atoms with van der Waals surface area (Å²) in [5, 5.41) is 5.30. The second-order valence-electron chi connectivity index (χ2n) is 6.31. The van der Waals surface area contributed by atoms with Gasteiger partial charge in [0.25, 0.3) is 0 Å². The Kier molecular flexibility index (Phi) is 7.91. The summed E-state index contributed by atoms with van der Waals surface area (Å²) in [4.78, 5) is 37.4. The predicted molar refractivity (Wildman–Crippen MR) is 101 cm³/mol. The molecular weight excluding hydrogens is 366 g/mol. The summed E-state index contributed by atoms with van der Waals surface area (Å²) in [6, 6.07) is 5.11. The van der Waals surface area contributed by atoms with Crippen molar-refractivity contribution >= 4 is 17.9 Å². The van der Waals surface area contributed by atoms with Crippen LogP contribution in [-0.4, -0.2) is 62.8 Å². The van der Waals surface area contributed by atoms with Crippen LogP contribution in [0, 0.1) is 0 Å². The van der Waals surface area contributed by atoms with E-state index in [0.717, 1.165) is 5.56 Å². The number of piperidine rings is 1. The third kappa shape index (κ3) is 5.77. The first kappa shape index (κ1) is 21.3. The zero-order valence-corrected chi connectivity index (χ0v) is 16.4. The average molecular weight is 393 g/mol. The fourth-order valence-corrected chi connectivity index (χ4v) is 2.93. The lowest BCUT2D eigenvalue weighted by atomic mass is 10.1. The summed E-state index contributed by atoms with van der Waals surface area (Å²) in [5.74, 6) is -0.255. The minimum Gasteiger partial charge on any atom is -0.493 e. The monoisotopic (exact) mass is 393 g/mol. The van der Waals surface area contributed by atoms with Crippen LogP contribution in [0.5, 0.6) is 11.5 Å². The van der Waals surface area contributed by atoms with Gasteiger partial charge in [0.15, 0.2) is 11.5 Å². The normalized spacial score (nSPS) is 14.2. The van der Waals surface area contributed by atoms with E-state index >= 15 is 0 Å². The highest BCUT2D eigenvalue weighted by atomic mass is 16.6. The molecule has 0 unspecified atom stereocenters. The quantitative estimate of drug-likeness (QED) is 0.700. The van der Waals surface area contributed by atoms with Crippen LogP contribution in [-0.2, 0) is 20.9 Å². The Balaban J connectivity index is 1.78. The molecule has 1 aromatic rings. The van der Waals surface area contributed by atoms with Crippen LogP contribution in [0.3, 0.4) is 0 Å². The van der Waals surface area contributed by atoms with E-state index in [1.54, 1.807) is 37.1 Å². The van der Waals surface area contributed by atoms with Crippen LogP contribution in [0.2, 0.25) is 0 Å². The molecule has 1 fully saturated rings. The Bertz CT molecular complexity index is 701. The maximum Gasteiger partial charge on any atom is 0.409 e. The summed E-state index contributed by atoms with van der Waals surface area (Å²) in [6.45, 7) is 3.24. The highest BCUT2D eigenvalue weighted by molar-refractivity contribution is 6.35. The molecule has 9 heteroatoms. The van der Waals surface area contributed by atoms with Crippen LogP contribution < -0.4 is 20.1 Å². The highest BCUT2D eigenvalue weighted by Crippen LogP contribution is 2.27. The van der Waals surface area contributed by atoms with Crippen molar-refractivity contribution in [2.75, 3.05) is 33.9 Å². The molecule has 28 heavy (non-hydrogen) atoms. The first-order valence-corrected chi connectivity index (χ1v) is 9.19. The minimum absolute atomic E-state index is 0.148. The van der Waals surface area contributed by atoms with Crippen molar-refractivity contribution in [1.29, 1.82) is 0 Å². The van der Waals surface area contributed by atoms with Gasteiger partial charge in [-0.25, -0.2) is 4.79 Å². The number of methoxy groups -OCH3 is 2. The lowest BCUT2D eigenvalue weighted by molar-refractivity contribution is -0.139. The molecule has 1 aromatic carbocycles. The van der Waals surface area contributed by atoms with E-state index in [-0.39, 0.29) is 18.7 Å². The zero-order valence-electron chi connectivity index (χ0n) is 16.4. The van der Waals surface area contributed by atoms with Crippen LogP contribution in [0.15, 0.2) is 18.2 Å². The molecule has 2 N–H and O–H groups in total. The van der Waals surface area contributed by atoms with Gasteiger partial charge in [-0.15, -0.1) is 0 Å². The van der Waals surface area contributed by atoms with Crippen molar-refractivity contribution < 1.29 is 28.6 Å². The number of likely N-dealkylation sites (tertiary alicyclic amines) is 1. The number of nitrogens with one attached hydrogen (secondary N) is 2. The Hall–Kier alpha value is -2.97. The SMILES string of the molecule is CCOC(=O)N1CCC(NC(=O)C(=O)NCc2ccc(OC)c(OC)c2)CC1. The number of hydrogen-bond donors (Lipinski definition) is 2. The molecule has 2 rings (SSSR count). The zero-order chi connectivity index (χ0) is 20.5. The third-order valence-electron chi connectivity index (χ3n) is 4.46. The van der Waals surface area contributed by atoms with Gasteiger partial charge in [0.1, 0.15) is 0 Å². The summed E-state index contributed by atoms with van der Waals surface area (Å²) in [5.41, 5.74) is 0.779. The van der Waals surface area contributed by atoms with Gasteiger partial charge < -0.3 is 29.7 Å². The number of nitrogens with zero attached hydrogens (tertiary/aromatic N) is 1. The van der Waals surface area contributed by atoms with Gasteiger partial charge in [0.2, 0.25) is 0 Å². The Labute approximate surface area is 164 Å². The average Bonchev–Trinajstić information content (AvgIpc) is 2.72. The Morgan fingerprint density at radius 1 is 1.07 bits per heavy atom. The van der Waals surface area contributed by atoms with Gasteiger partial charge in [0.05, 0.1) is 20.8 Å². The topological polar surface area (TPSA) is 106 Å². The first-order chi connectivity index (χ1) is 13.5. The maximum absolute atomic E-state index is 12.1. The van der Waals surface area contributed by atoms with Crippen molar-refractivity contribution in [1.82, 2.24) is 15.5 Å². The van der Waals surface area contributed by atoms with Gasteiger partial charge in [-0.2, -0.15) is 0 Å². The van der Waals surface area contributed by atoms with Crippen molar-refractivity contribution in [3.05, 3.63) is 23.8 Å². The lowest BCUT2D eigenvalue weighted by Gasteiger charge is -2.31. The standard InChI is InChI=1S/C19H27N3O6/c1-4-28-19(25)22-9-7-14(8-10-22)21-18(24)17(23)20-12-13-5-6-15(26-2)16(11-13)27-3/h5-6,11,14H,4,7-10,12H2,1-3H3,(H,20,23)(H,21,24). The van der Waals surface area contributed by atoms with Crippen molar-refractivity contribution in [3.8, 4) is 11.5 Å². The number of benzene rings is 1. The molecule has 3 amide bonds. The van der Waals surface area contributed by atoms with E-state index in [4.69, 9.17) is 14.2 Å². The minimum atomic E-state index is -0.706. The molecule has 0 atom stereocenters. The first-order valence-electron chi connectivity index (χ1n) is 9.19. The molecule has 1 aliphatic heterocycles. The molecule has 1 heterocycles. The molecule has 9 nitrogen and oxygen atoms in total. The summed E-state index contributed by atoms with van der Waals surface area (Å²) in [7, 11) is 3.07. The molecule has 1 aliphatic rings. The Morgan fingerprint density at radius 3 is 2.36 bits per heavy atom. The molecule has 0 spiro atoms. The van der Waals surface area contributed by atoms with Gasteiger partial charge in [-0.05, 0) is 37.5 Å². The van der Waals surface area contributed by atoms with E-state index < -0.39 is 11.8 Å². The summed E-state index contributed by atoms with van der Waals surface area (Å²) < 4.78 is 15.3. The summed E-state index contributed by atoms with van der Waals surface area (Å²) >= 11 is 0. The molecule has 0 saturated carbocycles. The van der Waals surface area contributed by atoms with Gasteiger partial charge in [0, 0.05) is 25.7 Å². The third-order valence-corrected chi connectivity index (χ3v) is 4.46. The van der Waals surface area contributed by atoms with Crippen LogP contribution in [0.25, 0.3) is 0 Å². The molecule has 0 aromatic heterocycles. The Morgan fingerprint density at radius 2 is 1.75 bits per heavy atom. The number of carbonyl (C=O) groups is 3. The van der Waals surface area contributed by atoms with Crippen LogP contribution >= 0.6 is 0 Å². The molecule has 0 bridgehead atoms. The van der Waals surface area contributed by atoms with Gasteiger partial charge >= 0.3 is 17.9 Å². The summed E-state index contributed by atoms with van der Waals surface area (Å²) in [6.07, 6.45) is 0.807. The highest BCUT2D eigenvalue weighted by Gasteiger charge is 2.26. The van der Waals surface area contributed by atoms with E-state index in [1.165, 1.54) is 7.11 Å². The van der Waals surface area contributed by atoms with E-state index in [9.17, 15) is 14.4 Å². The predicted octanol–water partition coefficient (Wildman–Crippen LogP) is 1.06. The number of hydrogen-bond acceptors (Lipinski definition) is 6. The second-order valence-corrected chi connectivity index (χ2v) is 6.31. The van der Waals surface area contributed by atoms with Crippen molar-refractivity contribution in [2.45, 2.75) is 32.4 Å². The van der Waals surface area contributed by atoms with Gasteiger partial charge in [-0.3, -0.25) is 9.59 Å². The van der Waals surface area contributed by atoms with Crippen molar-refractivity contribution in [2.24, 2.45) is 0 Å². The van der Waals surface area contributed by atoms with E-state index in [0.29, 0.717) is 44.0 Å². The largest absolute Gasteiger partial charge is 0.493 e. The number of amides is 3. The van der Waals surface area contributed by atoms with Gasteiger partial charge in [-0.1, -0.05) is 6.07 Å². The van der Waals surface area contributed by atoms with E-state index in [2.05, 4.69) is 10.6 Å². The smallest absolute Gasteiger partial charge is 0.409 e. The lowest BCUT2D eigenvalue weighted by Crippen LogP contribution is -2.50. The molecule has 154 valence electrons. The second kappa shape index (κ2) is 10.4. The molecule has 0 aliphatic carbocycles. The molecular formula is C19H27N3O6. The maximum atomic E-state index is 12.1. The van der Waals surface area contributed by atoms with E-state index in [1.807, 2.05) is 0 Å². The van der Waals surface area contributed by atoms with Crippen LogP contribution in [0.4, 0.5) is 4.79 Å². The number of rotatable bonds is 6.